The molecule has 12 heavy (non-hydrogen) atoms. The van der Waals surface area contributed by atoms with Crippen molar-refractivity contribution in [3.63, 3.8) is 0 Å². The van der Waals surface area contributed by atoms with Gasteiger partial charge < -0.3 is 9.73 Å². The van der Waals surface area contributed by atoms with Crippen LogP contribution >= 0.6 is 11.6 Å². The summed E-state index contributed by atoms with van der Waals surface area (Å²) in [6.45, 7) is 5.08. The predicted octanol–water partition coefficient (Wildman–Crippen LogP) is 2.82. The monoisotopic (exact) mass is 187 g/mol. The Hall–Kier alpha value is -0.470. The average Bonchev–Trinajstić information content (AvgIpc) is 2.47. The van der Waals surface area contributed by atoms with Gasteiger partial charge in [0, 0.05) is 18.2 Å². The van der Waals surface area contributed by atoms with E-state index in [1.165, 1.54) is 0 Å². The van der Waals surface area contributed by atoms with E-state index in [4.69, 9.17) is 16.0 Å². The summed E-state index contributed by atoms with van der Waals surface area (Å²) in [7, 11) is 0. The van der Waals surface area contributed by atoms with Crippen LogP contribution in [0.3, 0.4) is 0 Å². The standard InChI is InChI=1S/C9H14ClNO/c1-3-7(2)11-6-8-4-5-12-9(8)10/h4-5,7,11H,3,6H2,1-2H3. The molecule has 0 aliphatic rings. The number of hydrogen-bond donors (Lipinski definition) is 1. The van der Waals surface area contributed by atoms with Crippen LogP contribution in [-0.2, 0) is 6.54 Å². The molecule has 1 heterocycles. The molecule has 0 aromatic carbocycles. The zero-order valence-corrected chi connectivity index (χ0v) is 8.19. The van der Waals surface area contributed by atoms with Crippen molar-refractivity contribution < 1.29 is 4.42 Å². The molecule has 0 amide bonds. The zero-order valence-electron chi connectivity index (χ0n) is 7.43. The fourth-order valence-electron chi connectivity index (χ4n) is 0.874. The molecule has 0 fully saturated rings. The van der Waals surface area contributed by atoms with Crippen LogP contribution in [0.15, 0.2) is 16.7 Å². The van der Waals surface area contributed by atoms with E-state index in [-0.39, 0.29) is 0 Å². The molecule has 0 saturated carbocycles. The molecule has 0 aliphatic heterocycles. The first-order valence-corrected chi connectivity index (χ1v) is 4.57. The number of halogens is 1. The molecule has 1 atom stereocenters. The first-order chi connectivity index (χ1) is 5.74. The van der Waals surface area contributed by atoms with E-state index in [0.717, 1.165) is 18.5 Å². The van der Waals surface area contributed by atoms with Gasteiger partial charge in [-0.2, -0.15) is 0 Å². The highest BCUT2D eigenvalue weighted by Crippen LogP contribution is 2.16. The van der Waals surface area contributed by atoms with Crippen molar-refractivity contribution in [2.75, 3.05) is 0 Å². The summed E-state index contributed by atoms with van der Waals surface area (Å²) < 4.78 is 4.96. The average molecular weight is 188 g/mol. The minimum Gasteiger partial charge on any atom is -0.453 e. The highest BCUT2D eigenvalue weighted by Gasteiger charge is 2.03. The van der Waals surface area contributed by atoms with Crippen LogP contribution < -0.4 is 5.32 Å². The minimum absolute atomic E-state index is 0.491. The number of hydrogen-bond acceptors (Lipinski definition) is 2. The van der Waals surface area contributed by atoms with Gasteiger partial charge in [-0.1, -0.05) is 6.92 Å². The topological polar surface area (TPSA) is 25.2 Å². The molecule has 2 nitrogen and oxygen atoms in total. The van der Waals surface area contributed by atoms with E-state index >= 15 is 0 Å². The molecule has 1 aromatic heterocycles. The SMILES string of the molecule is CCC(C)NCc1ccoc1Cl. The first kappa shape index (κ1) is 9.62. The zero-order chi connectivity index (χ0) is 8.97. The molecule has 0 spiro atoms. The van der Waals surface area contributed by atoms with Crippen molar-refractivity contribution >= 4 is 11.6 Å². The molecule has 1 rings (SSSR count). The van der Waals surface area contributed by atoms with Crippen molar-refractivity contribution in [3.8, 4) is 0 Å². The second-order valence-corrected chi connectivity index (χ2v) is 3.25. The Bertz CT molecular complexity index is 234. The van der Waals surface area contributed by atoms with Gasteiger partial charge in [0.25, 0.3) is 0 Å². The summed E-state index contributed by atoms with van der Waals surface area (Å²) in [5.41, 5.74) is 1.02. The summed E-state index contributed by atoms with van der Waals surface area (Å²) >= 11 is 5.76. The van der Waals surface area contributed by atoms with Crippen molar-refractivity contribution in [1.29, 1.82) is 0 Å². The Morgan fingerprint density at radius 2 is 2.42 bits per heavy atom. The number of rotatable bonds is 4. The normalized spacial score (nSPS) is 13.2. The van der Waals surface area contributed by atoms with Crippen LogP contribution in [0.5, 0.6) is 0 Å². The molecule has 3 heteroatoms. The molecule has 0 aliphatic carbocycles. The summed E-state index contributed by atoms with van der Waals surface area (Å²) in [5, 5.41) is 3.82. The van der Waals surface area contributed by atoms with E-state index in [9.17, 15) is 0 Å². The summed E-state index contributed by atoms with van der Waals surface area (Å²) in [4.78, 5) is 0. The Kier molecular flexibility index (Phi) is 3.63. The van der Waals surface area contributed by atoms with Gasteiger partial charge in [0.05, 0.1) is 6.26 Å². The number of nitrogens with one attached hydrogen (secondary N) is 1. The molecular weight excluding hydrogens is 174 g/mol. The van der Waals surface area contributed by atoms with Crippen LogP contribution in [0.4, 0.5) is 0 Å². The maximum absolute atomic E-state index is 5.76. The fraction of sp³-hybridized carbons (Fsp3) is 0.556. The lowest BCUT2D eigenvalue weighted by Crippen LogP contribution is -2.24. The molecular formula is C9H14ClNO. The lowest BCUT2D eigenvalue weighted by atomic mass is 10.2. The first-order valence-electron chi connectivity index (χ1n) is 4.19. The summed E-state index contributed by atoms with van der Waals surface area (Å²) in [5.74, 6) is 0. The Morgan fingerprint density at radius 3 is 2.92 bits per heavy atom. The molecule has 68 valence electrons. The third-order valence-corrected chi connectivity index (χ3v) is 2.28. The number of furan rings is 1. The Labute approximate surface area is 77.9 Å². The van der Waals surface area contributed by atoms with Gasteiger partial charge in [-0.3, -0.25) is 0 Å². The van der Waals surface area contributed by atoms with E-state index in [2.05, 4.69) is 19.2 Å². The maximum Gasteiger partial charge on any atom is 0.197 e. The Balaban J connectivity index is 2.38. The van der Waals surface area contributed by atoms with Crippen molar-refractivity contribution in [3.05, 3.63) is 23.1 Å². The van der Waals surface area contributed by atoms with E-state index < -0.39 is 0 Å². The van der Waals surface area contributed by atoms with Gasteiger partial charge in [0.15, 0.2) is 5.22 Å². The highest BCUT2D eigenvalue weighted by atomic mass is 35.5. The van der Waals surface area contributed by atoms with Gasteiger partial charge in [-0.15, -0.1) is 0 Å². The predicted molar refractivity (Wildman–Crippen MR) is 50.3 cm³/mol. The van der Waals surface area contributed by atoms with Crippen molar-refractivity contribution in [1.82, 2.24) is 5.32 Å². The fourth-order valence-corrected chi connectivity index (χ4v) is 1.06. The third kappa shape index (κ3) is 2.54. The van der Waals surface area contributed by atoms with Crippen LogP contribution in [-0.4, -0.2) is 6.04 Å². The van der Waals surface area contributed by atoms with Gasteiger partial charge in [-0.25, -0.2) is 0 Å². The van der Waals surface area contributed by atoms with Gasteiger partial charge >= 0.3 is 0 Å². The van der Waals surface area contributed by atoms with Gasteiger partial charge in [-0.05, 0) is 31.0 Å². The molecule has 0 radical (unpaired) electrons. The molecule has 0 saturated heterocycles. The second kappa shape index (κ2) is 4.53. The lowest BCUT2D eigenvalue weighted by Gasteiger charge is -2.09. The Morgan fingerprint density at radius 1 is 1.67 bits per heavy atom. The van der Waals surface area contributed by atoms with Crippen molar-refractivity contribution in [2.24, 2.45) is 0 Å². The maximum atomic E-state index is 5.76. The van der Waals surface area contributed by atoms with Gasteiger partial charge in [0.2, 0.25) is 0 Å². The van der Waals surface area contributed by atoms with Gasteiger partial charge in [0.1, 0.15) is 0 Å². The quantitative estimate of drug-likeness (QED) is 0.784. The van der Waals surface area contributed by atoms with Crippen molar-refractivity contribution in [2.45, 2.75) is 32.9 Å². The largest absolute Gasteiger partial charge is 0.453 e. The summed E-state index contributed by atoms with van der Waals surface area (Å²) in [6.07, 6.45) is 2.73. The smallest absolute Gasteiger partial charge is 0.197 e. The molecule has 1 unspecified atom stereocenters. The van der Waals surface area contributed by atoms with Crippen LogP contribution in [0.2, 0.25) is 5.22 Å². The molecule has 0 bridgehead atoms. The second-order valence-electron chi connectivity index (χ2n) is 2.91. The summed E-state index contributed by atoms with van der Waals surface area (Å²) in [6, 6.07) is 2.41. The minimum atomic E-state index is 0.491. The van der Waals surface area contributed by atoms with E-state index in [1.54, 1.807) is 6.26 Å². The van der Waals surface area contributed by atoms with Crippen LogP contribution in [0.25, 0.3) is 0 Å². The lowest BCUT2D eigenvalue weighted by molar-refractivity contribution is 0.525. The highest BCUT2D eigenvalue weighted by molar-refractivity contribution is 6.29. The van der Waals surface area contributed by atoms with Crippen LogP contribution in [0, 0.1) is 0 Å². The molecule has 1 aromatic rings. The third-order valence-electron chi connectivity index (χ3n) is 1.95. The van der Waals surface area contributed by atoms with E-state index in [0.29, 0.717) is 11.3 Å². The van der Waals surface area contributed by atoms with E-state index in [1.807, 2.05) is 6.07 Å². The van der Waals surface area contributed by atoms with Crippen LogP contribution in [0.1, 0.15) is 25.8 Å². The molecule has 1 N–H and O–H groups in total.